The van der Waals surface area contributed by atoms with Crippen LogP contribution in [0.1, 0.15) is 67.6 Å². The topological polar surface area (TPSA) is 104 Å². The monoisotopic (exact) mass is 562 g/mol. The van der Waals surface area contributed by atoms with Crippen molar-refractivity contribution >= 4 is 11.8 Å². The first-order valence-corrected chi connectivity index (χ1v) is 13.5. The molecule has 218 valence electrons. The van der Waals surface area contributed by atoms with Crippen molar-refractivity contribution in [3.05, 3.63) is 65.5 Å². The minimum absolute atomic E-state index is 0.0198. The average Bonchev–Trinajstić information content (AvgIpc) is 3.38. The van der Waals surface area contributed by atoms with E-state index in [-0.39, 0.29) is 36.1 Å². The molecule has 1 saturated carbocycles. The zero-order chi connectivity index (χ0) is 29.1. The number of benzene rings is 1. The van der Waals surface area contributed by atoms with Crippen LogP contribution in [0.3, 0.4) is 0 Å². The number of pyridine rings is 1. The van der Waals surface area contributed by atoms with Crippen LogP contribution in [0.5, 0.6) is 0 Å². The molecule has 0 radical (unpaired) electrons. The lowest BCUT2D eigenvalue weighted by atomic mass is 9.79. The fraction of sp³-hybridized carbons (Fsp3) is 0.552. The SMILES string of the molecule is COC(C)(C)[C@@H]1CC(NC2CCC(O)(c3ccccn3)CC2)CN1C(=O)CNC(=O)c1cccc(C(F)(F)F)c1. The van der Waals surface area contributed by atoms with Crippen LogP contribution < -0.4 is 10.6 Å². The molecule has 2 aliphatic rings. The minimum atomic E-state index is -4.57. The van der Waals surface area contributed by atoms with Crippen LogP contribution in [0.2, 0.25) is 0 Å². The first-order valence-electron chi connectivity index (χ1n) is 13.5. The molecule has 0 bridgehead atoms. The summed E-state index contributed by atoms with van der Waals surface area (Å²) in [4.78, 5) is 31.8. The molecule has 1 aliphatic heterocycles. The fourth-order valence-electron chi connectivity index (χ4n) is 5.71. The Morgan fingerprint density at radius 3 is 2.48 bits per heavy atom. The highest BCUT2D eigenvalue weighted by Gasteiger charge is 2.45. The summed E-state index contributed by atoms with van der Waals surface area (Å²) in [5.41, 5.74) is -2.03. The van der Waals surface area contributed by atoms with Gasteiger partial charge in [0.05, 0.1) is 29.4 Å². The number of aromatic nitrogens is 1. The van der Waals surface area contributed by atoms with Crippen LogP contribution >= 0.6 is 0 Å². The highest BCUT2D eigenvalue weighted by Crippen LogP contribution is 2.37. The van der Waals surface area contributed by atoms with Crippen molar-refractivity contribution in [3.8, 4) is 0 Å². The van der Waals surface area contributed by atoms with Gasteiger partial charge in [-0.3, -0.25) is 14.6 Å². The summed E-state index contributed by atoms with van der Waals surface area (Å²) in [5.74, 6) is -1.09. The molecular weight excluding hydrogens is 525 g/mol. The molecule has 1 aromatic carbocycles. The highest BCUT2D eigenvalue weighted by molar-refractivity contribution is 5.96. The van der Waals surface area contributed by atoms with Crippen LogP contribution in [0, 0.1) is 0 Å². The Bertz CT molecular complexity index is 1180. The van der Waals surface area contributed by atoms with Gasteiger partial charge in [0.15, 0.2) is 0 Å². The maximum Gasteiger partial charge on any atom is 0.416 e. The van der Waals surface area contributed by atoms with Crippen LogP contribution in [0.25, 0.3) is 0 Å². The van der Waals surface area contributed by atoms with Gasteiger partial charge in [-0.1, -0.05) is 12.1 Å². The maximum atomic E-state index is 13.3. The molecule has 8 nitrogen and oxygen atoms in total. The summed E-state index contributed by atoms with van der Waals surface area (Å²) in [6.45, 7) is 3.85. The number of carbonyl (C=O) groups is 2. The van der Waals surface area contributed by atoms with Gasteiger partial charge >= 0.3 is 6.18 Å². The number of methoxy groups -OCH3 is 1. The third kappa shape index (κ3) is 6.82. The smallest absolute Gasteiger partial charge is 0.384 e. The van der Waals surface area contributed by atoms with E-state index in [9.17, 15) is 27.9 Å². The first-order chi connectivity index (χ1) is 18.8. The number of likely N-dealkylation sites (tertiary alicyclic amines) is 1. The summed E-state index contributed by atoms with van der Waals surface area (Å²) in [7, 11) is 1.58. The number of ether oxygens (including phenoxy) is 1. The predicted octanol–water partition coefficient (Wildman–Crippen LogP) is 3.64. The largest absolute Gasteiger partial charge is 0.416 e. The van der Waals surface area contributed by atoms with E-state index in [0.29, 0.717) is 31.5 Å². The molecule has 40 heavy (non-hydrogen) atoms. The van der Waals surface area contributed by atoms with E-state index in [1.807, 2.05) is 32.0 Å². The number of aliphatic hydroxyl groups is 1. The van der Waals surface area contributed by atoms with Gasteiger partial charge in [-0.15, -0.1) is 0 Å². The number of halogens is 3. The number of nitrogens with one attached hydrogen (secondary N) is 2. The second-order valence-corrected chi connectivity index (χ2v) is 11.3. The van der Waals surface area contributed by atoms with E-state index in [1.54, 1.807) is 18.2 Å². The summed E-state index contributed by atoms with van der Waals surface area (Å²) < 4.78 is 44.8. The Balaban J connectivity index is 1.36. The second-order valence-electron chi connectivity index (χ2n) is 11.3. The molecule has 1 saturated heterocycles. The predicted molar refractivity (Wildman–Crippen MR) is 142 cm³/mol. The highest BCUT2D eigenvalue weighted by atomic mass is 19.4. The number of hydrogen-bond donors (Lipinski definition) is 3. The number of hydrogen-bond acceptors (Lipinski definition) is 6. The van der Waals surface area contributed by atoms with Gasteiger partial charge in [0.25, 0.3) is 5.91 Å². The average molecular weight is 563 g/mol. The van der Waals surface area contributed by atoms with Gasteiger partial charge in [-0.2, -0.15) is 13.2 Å². The Kier molecular flexibility index (Phi) is 8.86. The molecule has 2 amide bonds. The van der Waals surface area contributed by atoms with Gasteiger partial charge in [-0.05, 0) is 76.3 Å². The van der Waals surface area contributed by atoms with Crippen molar-refractivity contribution in [1.29, 1.82) is 0 Å². The van der Waals surface area contributed by atoms with E-state index in [1.165, 1.54) is 6.07 Å². The molecule has 0 spiro atoms. The van der Waals surface area contributed by atoms with Crippen LogP contribution in [-0.2, 0) is 21.3 Å². The third-order valence-corrected chi connectivity index (χ3v) is 8.23. The molecule has 2 aromatic rings. The Morgan fingerprint density at radius 1 is 1.12 bits per heavy atom. The lowest BCUT2D eigenvalue weighted by molar-refractivity contribution is -0.138. The zero-order valence-corrected chi connectivity index (χ0v) is 23.0. The van der Waals surface area contributed by atoms with Gasteiger partial charge in [0, 0.05) is 37.5 Å². The quantitative estimate of drug-likeness (QED) is 0.454. The Morgan fingerprint density at radius 2 is 1.85 bits per heavy atom. The molecule has 11 heteroatoms. The van der Waals surface area contributed by atoms with Gasteiger partial charge in [-0.25, -0.2) is 0 Å². The number of alkyl halides is 3. The Labute approximate surface area is 232 Å². The summed E-state index contributed by atoms with van der Waals surface area (Å²) >= 11 is 0. The van der Waals surface area contributed by atoms with Crippen molar-refractivity contribution in [3.63, 3.8) is 0 Å². The van der Waals surface area contributed by atoms with E-state index in [0.717, 1.165) is 31.0 Å². The van der Waals surface area contributed by atoms with Crippen molar-refractivity contribution in [1.82, 2.24) is 20.5 Å². The molecule has 2 fully saturated rings. The van der Waals surface area contributed by atoms with E-state index in [2.05, 4.69) is 15.6 Å². The third-order valence-electron chi connectivity index (χ3n) is 8.23. The molecule has 1 aliphatic carbocycles. The summed E-state index contributed by atoms with van der Waals surface area (Å²) in [5, 5.41) is 17.2. The first kappa shape index (κ1) is 30.0. The van der Waals surface area contributed by atoms with Crippen molar-refractivity contribution < 1.29 is 32.6 Å². The lowest BCUT2D eigenvalue weighted by Crippen LogP contribution is -2.51. The minimum Gasteiger partial charge on any atom is -0.384 e. The standard InChI is InChI=1S/C29H37F3N4O4/c1-27(2,40-3)24-16-22(35-21-10-12-28(39,13-11-21)23-9-4-5-14-33-23)18-36(24)25(37)17-34-26(38)19-7-6-8-20(15-19)29(30,31)32/h4-9,14-15,21-22,24,35,39H,10-13,16-18H2,1-3H3,(H,34,38)/t21?,22?,24-,28?/m0/s1. The lowest BCUT2D eigenvalue weighted by Gasteiger charge is -2.37. The molecule has 2 heterocycles. The van der Waals surface area contributed by atoms with Crippen molar-refractivity contribution in [2.45, 2.75) is 81.5 Å². The van der Waals surface area contributed by atoms with Crippen LogP contribution in [0.4, 0.5) is 13.2 Å². The van der Waals surface area contributed by atoms with Gasteiger partial charge < -0.3 is 25.4 Å². The summed E-state index contributed by atoms with van der Waals surface area (Å²) in [6, 6.07) is 9.50. The normalized spacial score (nSPS) is 25.6. The van der Waals surface area contributed by atoms with Crippen LogP contribution in [0.15, 0.2) is 48.7 Å². The second kappa shape index (κ2) is 11.8. The molecule has 2 atom stereocenters. The van der Waals surface area contributed by atoms with Gasteiger partial charge in [0.1, 0.15) is 5.60 Å². The number of nitrogens with zero attached hydrogens (tertiary/aromatic N) is 2. The molecule has 1 unspecified atom stereocenters. The fourth-order valence-corrected chi connectivity index (χ4v) is 5.71. The van der Waals surface area contributed by atoms with Gasteiger partial charge in [0.2, 0.25) is 5.91 Å². The molecule has 3 N–H and O–H groups in total. The van der Waals surface area contributed by atoms with Crippen molar-refractivity contribution in [2.24, 2.45) is 0 Å². The van der Waals surface area contributed by atoms with E-state index >= 15 is 0 Å². The number of amides is 2. The zero-order valence-electron chi connectivity index (χ0n) is 23.0. The van der Waals surface area contributed by atoms with Crippen LogP contribution in [-0.4, -0.2) is 70.7 Å². The van der Waals surface area contributed by atoms with E-state index in [4.69, 9.17) is 4.74 Å². The molecular formula is C29H37F3N4O4. The number of rotatable bonds is 8. The number of carbonyl (C=O) groups excluding carboxylic acids is 2. The summed E-state index contributed by atoms with van der Waals surface area (Å²) in [6.07, 6.45) is 0.401. The van der Waals surface area contributed by atoms with Crippen molar-refractivity contribution in [2.75, 3.05) is 20.2 Å². The molecule has 4 rings (SSSR count). The molecule has 1 aromatic heterocycles. The maximum absolute atomic E-state index is 13.3. The Hall–Kier alpha value is -3.02. The van der Waals surface area contributed by atoms with E-state index < -0.39 is 28.8 Å².